The topological polar surface area (TPSA) is 54.5 Å². The molecule has 0 saturated carbocycles. The van der Waals surface area contributed by atoms with Crippen LogP contribution in [0.25, 0.3) is 0 Å². The van der Waals surface area contributed by atoms with E-state index in [-0.39, 0.29) is 30.1 Å². The molecule has 0 bridgehead atoms. The summed E-state index contributed by atoms with van der Waals surface area (Å²) in [6.45, 7) is 4.11. The number of Topliss-reactive ketones (excluding diaryl/α,β-unsaturated/α-hetero) is 1. The molecular formula is C19H25NO3. The van der Waals surface area contributed by atoms with E-state index < -0.39 is 0 Å². The SMILES string of the molecule is CCCCCC(=O)CC(CCC)N1C(=O)c2ccccc2C1=O. The number of fused-ring (bicyclic) bond motifs is 1. The van der Waals surface area contributed by atoms with Crippen LogP contribution in [0.15, 0.2) is 24.3 Å². The fourth-order valence-corrected chi connectivity index (χ4v) is 3.13. The number of hydrogen-bond donors (Lipinski definition) is 0. The zero-order valence-corrected chi connectivity index (χ0v) is 14.0. The van der Waals surface area contributed by atoms with Crippen LogP contribution >= 0.6 is 0 Å². The Morgan fingerprint density at radius 1 is 1.00 bits per heavy atom. The van der Waals surface area contributed by atoms with Crippen molar-refractivity contribution >= 4 is 17.6 Å². The summed E-state index contributed by atoms with van der Waals surface area (Å²) in [5.74, 6) is -0.371. The fourth-order valence-electron chi connectivity index (χ4n) is 3.13. The number of benzene rings is 1. The normalized spacial score (nSPS) is 15.0. The Morgan fingerprint density at radius 3 is 2.13 bits per heavy atom. The smallest absolute Gasteiger partial charge is 0.261 e. The Balaban J connectivity index is 2.11. The van der Waals surface area contributed by atoms with Gasteiger partial charge in [-0.25, -0.2) is 0 Å². The van der Waals surface area contributed by atoms with Crippen molar-refractivity contribution in [3.8, 4) is 0 Å². The van der Waals surface area contributed by atoms with E-state index in [2.05, 4.69) is 6.92 Å². The van der Waals surface area contributed by atoms with Crippen molar-refractivity contribution in [2.24, 2.45) is 0 Å². The fraction of sp³-hybridized carbons (Fsp3) is 0.526. The number of carbonyl (C=O) groups is 3. The first-order chi connectivity index (χ1) is 11.1. The quantitative estimate of drug-likeness (QED) is 0.511. The van der Waals surface area contributed by atoms with Crippen LogP contribution in [0, 0.1) is 0 Å². The number of carbonyl (C=O) groups excluding carboxylic acids is 3. The van der Waals surface area contributed by atoms with Gasteiger partial charge < -0.3 is 0 Å². The molecule has 124 valence electrons. The molecule has 1 aliphatic rings. The number of ketones is 1. The summed E-state index contributed by atoms with van der Waals surface area (Å²) >= 11 is 0. The maximum absolute atomic E-state index is 12.6. The van der Waals surface area contributed by atoms with Crippen molar-refractivity contribution < 1.29 is 14.4 Å². The zero-order chi connectivity index (χ0) is 16.8. The third-order valence-corrected chi connectivity index (χ3v) is 4.33. The van der Waals surface area contributed by atoms with Gasteiger partial charge in [-0.2, -0.15) is 0 Å². The minimum atomic E-state index is -0.318. The van der Waals surface area contributed by atoms with E-state index in [1.54, 1.807) is 24.3 Å². The van der Waals surface area contributed by atoms with Gasteiger partial charge in [0.15, 0.2) is 0 Å². The van der Waals surface area contributed by atoms with Crippen LogP contribution in [0.3, 0.4) is 0 Å². The Hall–Kier alpha value is -1.97. The number of rotatable bonds is 9. The molecule has 0 spiro atoms. The lowest BCUT2D eigenvalue weighted by molar-refractivity contribution is -0.120. The maximum atomic E-state index is 12.6. The molecule has 1 aromatic carbocycles. The summed E-state index contributed by atoms with van der Waals surface area (Å²) in [5.41, 5.74) is 0.911. The van der Waals surface area contributed by atoms with Gasteiger partial charge in [-0.3, -0.25) is 19.3 Å². The lowest BCUT2D eigenvalue weighted by atomic mass is 10.0. The number of unbranched alkanes of at least 4 members (excludes halogenated alkanes) is 2. The second-order valence-corrected chi connectivity index (χ2v) is 6.17. The molecule has 23 heavy (non-hydrogen) atoms. The van der Waals surface area contributed by atoms with Crippen LogP contribution < -0.4 is 0 Å². The third kappa shape index (κ3) is 3.87. The molecule has 1 unspecified atom stereocenters. The molecule has 0 saturated heterocycles. The first kappa shape index (κ1) is 17.4. The van der Waals surface area contributed by atoms with E-state index in [0.29, 0.717) is 24.0 Å². The molecule has 0 N–H and O–H groups in total. The molecule has 4 nitrogen and oxygen atoms in total. The van der Waals surface area contributed by atoms with Crippen LogP contribution in [-0.2, 0) is 4.79 Å². The second kappa shape index (κ2) is 8.04. The average Bonchev–Trinajstić information content (AvgIpc) is 2.79. The Labute approximate surface area is 137 Å². The molecule has 0 fully saturated rings. The highest BCUT2D eigenvalue weighted by Gasteiger charge is 2.39. The molecule has 1 aliphatic heterocycles. The highest BCUT2D eigenvalue weighted by atomic mass is 16.2. The van der Waals surface area contributed by atoms with Crippen molar-refractivity contribution in [2.45, 2.75) is 64.8 Å². The predicted molar refractivity (Wildman–Crippen MR) is 89.4 cm³/mol. The van der Waals surface area contributed by atoms with Crippen LogP contribution in [0.1, 0.15) is 79.5 Å². The number of nitrogens with zero attached hydrogens (tertiary/aromatic N) is 1. The van der Waals surface area contributed by atoms with Gasteiger partial charge in [0.1, 0.15) is 5.78 Å². The van der Waals surface area contributed by atoms with Gasteiger partial charge in [-0.15, -0.1) is 0 Å². The minimum Gasteiger partial charge on any atom is -0.300 e. The first-order valence-corrected chi connectivity index (χ1v) is 8.58. The largest absolute Gasteiger partial charge is 0.300 e. The van der Waals surface area contributed by atoms with Crippen molar-refractivity contribution in [1.29, 1.82) is 0 Å². The monoisotopic (exact) mass is 315 g/mol. The Bertz CT molecular complexity index is 559. The van der Waals surface area contributed by atoms with Gasteiger partial charge in [0, 0.05) is 18.9 Å². The summed E-state index contributed by atoms with van der Waals surface area (Å²) < 4.78 is 0. The number of hydrogen-bond acceptors (Lipinski definition) is 3. The van der Waals surface area contributed by atoms with Gasteiger partial charge >= 0.3 is 0 Å². The van der Waals surface area contributed by atoms with Crippen LogP contribution in [0.4, 0.5) is 0 Å². The van der Waals surface area contributed by atoms with Crippen LogP contribution in [-0.4, -0.2) is 28.5 Å². The van der Waals surface area contributed by atoms with E-state index in [4.69, 9.17) is 0 Å². The predicted octanol–water partition coefficient (Wildman–Crippen LogP) is 3.99. The van der Waals surface area contributed by atoms with Gasteiger partial charge in [-0.05, 0) is 25.0 Å². The molecule has 2 amide bonds. The molecule has 1 atom stereocenters. The second-order valence-electron chi connectivity index (χ2n) is 6.17. The summed E-state index contributed by atoms with van der Waals surface area (Å²) in [4.78, 5) is 38.6. The molecule has 0 aliphatic carbocycles. The lowest BCUT2D eigenvalue weighted by Gasteiger charge is -2.25. The zero-order valence-electron chi connectivity index (χ0n) is 14.0. The van der Waals surface area contributed by atoms with Crippen molar-refractivity contribution in [1.82, 2.24) is 4.90 Å². The van der Waals surface area contributed by atoms with E-state index in [0.717, 1.165) is 25.7 Å². The highest BCUT2D eigenvalue weighted by Crippen LogP contribution is 2.27. The van der Waals surface area contributed by atoms with Gasteiger partial charge in [0.25, 0.3) is 11.8 Å². The van der Waals surface area contributed by atoms with Gasteiger partial charge in [-0.1, -0.05) is 45.2 Å². The molecule has 1 aromatic rings. The first-order valence-electron chi connectivity index (χ1n) is 8.58. The molecule has 2 rings (SSSR count). The summed E-state index contributed by atoms with van der Waals surface area (Å²) in [6.07, 6.45) is 5.32. The van der Waals surface area contributed by atoms with Crippen molar-refractivity contribution in [2.75, 3.05) is 0 Å². The maximum Gasteiger partial charge on any atom is 0.261 e. The number of imide groups is 1. The molecular weight excluding hydrogens is 290 g/mol. The Kier molecular flexibility index (Phi) is 6.08. The third-order valence-electron chi connectivity index (χ3n) is 4.33. The average molecular weight is 315 g/mol. The highest BCUT2D eigenvalue weighted by molar-refractivity contribution is 6.21. The Morgan fingerprint density at radius 2 is 1.61 bits per heavy atom. The van der Waals surface area contributed by atoms with E-state index in [9.17, 15) is 14.4 Å². The van der Waals surface area contributed by atoms with Crippen molar-refractivity contribution in [3.63, 3.8) is 0 Å². The standard InChI is InChI=1S/C19H25NO3/c1-3-5-6-10-15(21)13-14(9-4-2)20-18(22)16-11-7-8-12-17(16)19(20)23/h7-8,11-12,14H,3-6,9-10,13H2,1-2H3. The molecule has 0 aromatic heterocycles. The van der Waals surface area contributed by atoms with E-state index in [1.165, 1.54) is 4.90 Å². The summed E-state index contributed by atoms with van der Waals surface area (Å²) in [7, 11) is 0. The molecule has 4 heteroatoms. The number of amides is 2. The lowest BCUT2D eigenvalue weighted by Crippen LogP contribution is -2.41. The van der Waals surface area contributed by atoms with Crippen LogP contribution in [0.2, 0.25) is 0 Å². The van der Waals surface area contributed by atoms with Crippen molar-refractivity contribution in [3.05, 3.63) is 35.4 Å². The molecule has 0 radical (unpaired) electrons. The van der Waals surface area contributed by atoms with Gasteiger partial charge in [0.2, 0.25) is 0 Å². The molecule has 1 heterocycles. The van der Waals surface area contributed by atoms with E-state index >= 15 is 0 Å². The minimum absolute atomic E-state index is 0.147. The van der Waals surface area contributed by atoms with Gasteiger partial charge in [0.05, 0.1) is 11.1 Å². The van der Waals surface area contributed by atoms with E-state index in [1.807, 2.05) is 6.92 Å². The summed E-state index contributed by atoms with van der Waals surface area (Å²) in [5, 5.41) is 0. The summed E-state index contributed by atoms with van der Waals surface area (Å²) in [6, 6.07) is 6.57. The van der Waals surface area contributed by atoms with Crippen LogP contribution in [0.5, 0.6) is 0 Å².